The van der Waals surface area contributed by atoms with E-state index in [-0.39, 0.29) is 10.1 Å². The fourth-order valence-corrected chi connectivity index (χ4v) is 18.4. The molecule has 3 nitrogen and oxygen atoms in total. The van der Waals surface area contributed by atoms with E-state index in [0.717, 1.165) is 51.7 Å². The van der Waals surface area contributed by atoms with Gasteiger partial charge in [-0.1, -0.05) is 235 Å². The monoisotopic (exact) mass is 986 g/mol. The van der Waals surface area contributed by atoms with Gasteiger partial charge in [0.15, 0.2) is 0 Å². The van der Waals surface area contributed by atoms with E-state index < -0.39 is 16.6 Å². The second-order valence-electron chi connectivity index (χ2n) is 18.8. The van der Waals surface area contributed by atoms with Crippen LogP contribution in [0.2, 0.25) is 10.1 Å². The average molecular weight is 987 g/mol. The molecule has 0 spiro atoms. The van der Waals surface area contributed by atoms with Gasteiger partial charge in [0.1, 0.15) is 0 Å². The van der Waals surface area contributed by atoms with Crippen molar-refractivity contribution in [1.82, 2.24) is 0 Å². The fraction of sp³-hybridized carbons (Fsp3) is 0.500. The van der Waals surface area contributed by atoms with Crippen molar-refractivity contribution in [3.05, 3.63) is 146 Å². The van der Waals surface area contributed by atoms with Crippen LogP contribution in [0.4, 0.5) is 0 Å². The van der Waals surface area contributed by atoms with Gasteiger partial charge in [0.25, 0.3) is 16.6 Å². The van der Waals surface area contributed by atoms with E-state index in [2.05, 4.69) is 210 Å². The maximum atomic E-state index is 8.80. The molecule has 0 amide bonds. The van der Waals surface area contributed by atoms with Crippen LogP contribution >= 0.6 is 22.6 Å². The lowest BCUT2D eigenvalue weighted by Gasteiger charge is -2.43. The van der Waals surface area contributed by atoms with Crippen LogP contribution in [0.3, 0.4) is 0 Å². The van der Waals surface area contributed by atoms with Gasteiger partial charge < -0.3 is 14.0 Å². The van der Waals surface area contributed by atoms with E-state index in [1.54, 1.807) is 0 Å². The maximum Gasteiger partial charge on any atom is 0.261 e. The number of hydrogen-bond donors (Lipinski definition) is 1. The van der Waals surface area contributed by atoms with Gasteiger partial charge in [-0.3, -0.25) is 0 Å². The average Bonchev–Trinajstić information content (AvgIpc) is 3.27. The molecule has 0 saturated carbocycles. The summed E-state index contributed by atoms with van der Waals surface area (Å²) in [6.07, 6.45) is 28.5. The maximum absolute atomic E-state index is 8.80. The highest BCUT2D eigenvalue weighted by molar-refractivity contribution is 14.1. The van der Waals surface area contributed by atoms with E-state index in [9.17, 15) is 0 Å². The zero-order valence-corrected chi connectivity index (χ0v) is 43.8. The number of rotatable bonds is 28. The Balaban J connectivity index is 0.000000330. The van der Waals surface area contributed by atoms with Gasteiger partial charge in [-0.25, -0.2) is 0 Å². The number of aliphatic hydroxyl groups excluding tert-OH is 1. The third-order valence-electron chi connectivity index (χ3n) is 11.9. The predicted octanol–water partition coefficient (Wildman–Crippen LogP) is 13.9. The van der Waals surface area contributed by atoms with Crippen LogP contribution in [0.1, 0.15) is 144 Å². The molecule has 0 aliphatic carbocycles. The summed E-state index contributed by atoms with van der Waals surface area (Å²) in [4.78, 5) is 0. The van der Waals surface area contributed by atoms with E-state index >= 15 is 0 Å². The highest BCUT2D eigenvalue weighted by Gasteiger charge is 2.51. The number of unbranched alkanes of at least 4 members (excludes halogenated alkanes) is 12. The Morgan fingerprint density at radius 1 is 0.403 bits per heavy atom. The molecule has 340 valence electrons. The third-order valence-corrected chi connectivity index (χ3v) is 22.7. The van der Waals surface area contributed by atoms with Crippen LogP contribution in [-0.2, 0) is 8.85 Å². The molecule has 0 unspecified atom stereocenters. The number of halogens is 1. The minimum atomic E-state index is -2.38. The topological polar surface area (TPSA) is 38.7 Å². The minimum absolute atomic E-state index is 0.0521. The van der Waals surface area contributed by atoms with Crippen molar-refractivity contribution in [2.75, 3.05) is 24.2 Å². The molecule has 0 aliphatic rings. The van der Waals surface area contributed by atoms with Crippen molar-refractivity contribution in [2.24, 2.45) is 0 Å². The van der Waals surface area contributed by atoms with Crippen molar-refractivity contribution in [2.45, 2.75) is 154 Å². The molecule has 0 heterocycles. The van der Waals surface area contributed by atoms with Crippen LogP contribution in [0.25, 0.3) is 0 Å². The van der Waals surface area contributed by atoms with Crippen molar-refractivity contribution in [3.8, 4) is 0 Å². The lowest BCUT2D eigenvalue weighted by atomic mass is 10.1. The summed E-state index contributed by atoms with van der Waals surface area (Å²) >= 11 is 2.46. The van der Waals surface area contributed by atoms with E-state index in [4.69, 9.17) is 14.0 Å². The first-order chi connectivity index (χ1) is 30.0. The zero-order chi connectivity index (χ0) is 44.8. The van der Waals surface area contributed by atoms with Gasteiger partial charge in [0.05, 0.1) is 0 Å². The first-order valence-corrected chi connectivity index (χ1v) is 29.4. The summed E-state index contributed by atoms with van der Waals surface area (Å²) in [6, 6.07) is 43.8. The number of aliphatic hydroxyl groups is 1. The van der Waals surface area contributed by atoms with E-state index in [1.165, 1.54) is 89.4 Å². The van der Waals surface area contributed by atoms with Crippen LogP contribution in [-0.4, -0.2) is 46.0 Å². The minimum Gasteiger partial charge on any atom is -0.407 e. The first kappa shape index (κ1) is 53.7. The molecule has 4 aromatic carbocycles. The first-order valence-electron chi connectivity index (χ1n) is 24.0. The summed E-state index contributed by atoms with van der Waals surface area (Å²) < 4.78 is 15.2. The molecule has 0 atom stereocenters. The Morgan fingerprint density at radius 3 is 0.952 bits per heavy atom. The number of benzene rings is 4. The highest BCUT2D eigenvalue weighted by Crippen LogP contribution is 2.38. The summed E-state index contributed by atoms with van der Waals surface area (Å²) in [5.41, 5.74) is 0. The lowest BCUT2D eigenvalue weighted by molar-refractivity contribution is 0.285. The second-order valence-corrected chi connectivity index (χ2v) is 28.5. The SMILES string of the molecule is CC(C)(C)[Si](OCCCCCC/C=C\CCCCI)(c1ccccc1)c1ccccc1.CC(C)(C)[Si](OCCCCCC/C=C\CCCCO)(c1ccccc1)c1ccccc1. The summed E-state index contributed by atoms with van der Waals surface area (Å²) in [7, 11) is -4.73. The van der Waals surface area contributed by atoms with E-state index in [0.29, 0.717) is 6.61 Å². The summed E-state index contributed by atoms with van der Waals surface area (Å²) in [5, 5.41) is 14.4. The summed E-state index contributed by atoms with van der Waals surface area (Å²) in [5.74, 6) is 0. The van der Waals surface area contributed by atoms with E-state index in [1.807, 2.05) is 0 Å². The van der Waals surface area contributed by atoms with Crippen molar-refractivity contribution in [3.63, 3.8) is 0 Å². The van der Waals surface area contributed by atoms with Crippen LogP contribution in [0.15, 0.2) is 146 Å². The Hall–Kier alpha value is -2.60. The zero-order valence-electron chi connectivity index (χ0n) is 39.6. The fourth-order valence-electron chi connectivity index (χ4n) is 8.61. The second kappa shape index (κ2) is 30.5. The van der Waals surface area contributed by atoms with Crippen LogP contribution in [0, 0.1) is 0 Å². The molecule has 4 rings (SSSR count). The normalized spacial score (nSPS) is 12.5. The van der Waals surface area contributed by atoms with Crippen molar-refractivity contribution < 1.29 is 14.0 Å². The molecule has 0 aromatic heterocycles. The molecule has 0 fully saturated rings. The molecule has 0 saturated heterocycles. The molecular formula is C56H83IO3Si2. The highest BCUT2D eigenvalue weighted by atomic mass is 127. The van der Waals surface area contributed by atoms with Crippen LogP contribution < -0.4 is 20.7 Å². The van der Waals surface area contributed by atoms with Gasteiger partial charge in [-0.15, -0.1) is 0 Å². The predicted molar refractivity (Wildman–Crippen MR) is 285 cm³/mol. The Labute approximate surface area is 395 Å². The largest absolute Gasteiger partial charge is 0.407 e. The van der Waals surface area contributed by atoms with Crippen molar-refractivity contribution >= 4 is 60.0 Å². The van der Waals surface area contributed by atoms with Gasteiger partial charge >= 0.3 is 0 Å². The van der Waals surface area contributed by atoms with Crippen LogP contribution in [0.5, 0.6) is 0 Å². The molecule has 1 N–H and O–H groups in total. The smallest absolute Gasteiger partial charge is 0.261 e. The molecule has 0 bridgehead atoms. The molecular weight excluding hydrogens is 904 g/mol. The molecule has 4 aromatic rings. The Bertz CT molecular complexity index is 1520. The quantitative estimate of drug-likeness (QED) is 0.0203. The van der Waals surface area contributed by atoms with Crippen molar-refractivity contribution in [1.29, 1.82) is 0 Å². The van der Waals surface area contributed by atoms with Gasteiger partial charge in [0, 0.05) is 19.8 Å². The summed E-state index contributed by atoms with van der Waals surface area (Å²) in [6.45, 7) is 16.1. The third kappa shape index (κ3) is 17.8. The lowest BCUT2D eigenvalue weighted by Crippen LogP contribution is -2.66. The standard InChI is InChI=1S/C28H41IOSi.C28H42O2Si/c2*1-28(2,3)31(26-20-14-12-15-21-26,27-22-16-13-17-23-27)30-25-19-11-9-7-5-4-6-8-10-18-24-29/h4,6,12-17,20-23H,5,7-11,18-19,24-25H2,1-3H3;4,6,12-17,20-23,29H,5,7-11,18-19,24-25H2,1-3H3/b2*6-4-. The molecule has 0 radical (unpaired) electrons. The van der Waals surface area contributed by atoms with Gasteiger partial charge in [0.2, 0.25) is 0 Å². The van der Waals surface area contributed by atoms with Gasteiger partial charge in [-0.05, 0) is 112 Å². The number of alkyl halides is 1. The molecule has 6 heteroatoms. The molecule has 0 aliphatic heterocycles. The Kier molecular flexibility index (Phi) is 26.5. The Morgan fingerprint density at radius 2 is 0.677 bits per heavy atom. The number of hydrogen-bond acceptors (Lipinski definition) is 3. The number of allylic oxidation sites excluding steroid dienone is 4. The molecule has 62 heavy (non-hydrogen) atoms. The van der Waals surface area contributed by atoms with Gasteiger partial charge in [-0.2, -0.15) is 0 Å².